The Morgan fingerprint density at radius 3 is 1.60 bits per heavy atom. The van der Waals surface area contributed by atoms with Crippen molar-refractivity contribution in [3.05, 3.63) is 12.3 Å². The van der Waals surface area contributed by atoms with Gasteiger partial charge in [-0.2, -0.15) is 0 Å². The zero-order valence-electron chi connectivity index (χ0n) is 15.6. The molecule has 0 atom stereocenters. The van der Waals surface area contributed by atoms with Crippen molar-refractivity contribution in [1.29, 1.82) is 0 Å². The van der Waals surface area contributed by atoms with Crippen molar-refractivity contribution in [2.75, 3.05) is 12.7 Å². The molecular weight excluding hydrogens is 274 g/mol. The van der Waals surface area contributed by atoms with Crippen molar-refractivity contribution in [2.45, 2.75) is 84.6 Å². The summed E-state index contributed by atoms with van der Waals surface area (Å²) in [4.78, 5) is 0. The number of hydrogen-bond donors (Lipinski definition) is 0. The van der Waals surface area contributed by atoms with Crippen molar-refractivity contribution < 1.29 is 0 Å². The molecule has 0 rings (SSSR count). The second kappa shape index (κ2) is 7.95. The van der Waals surface area contributed by atoms with E-state index in [4.69, 9.17) is 0 Å². The molecule has 0 saturated heterocycles. The monoisotopic (exact) mass is 313 g/mol. The van der Waals surface area contributed by atoms with E-state index >= 15 is 0 Å². The van der Waals surface area contributed by atoms with Crippen LogP contribution in [0.5, 0.6) is 0 Å². The summed E-state index contributed by atoms with van der Waals surface area (Å²) in [5, 5.41) is 0. The molecule has 0 aromatic rings. The van der Waals surface area contributed by atoms with Crippen LogP contribution in [0.15, 0.2) is 12.3 Å². The van der Waals surface area contributed by atoms with E-state index in [2.05, 4.69) is 78.4 Å². The third-order valence-corrected chi connectivity index (χ3v) is 14.6. The van der Waals surface area contributed by atoms with Gasteiger partial charge in [-0.15, -0.1) is 12.3 Å². The highest BCUT2D eigenvalue weighted by atomic mass is 28.3. The van der Waals surface area contributed by atoms with Gasteiger partial charge < -0.3 is 4.57 Å². The highest BCUT2D eigenvalue weighted by Gasteiger charge is 2.48. The van der Waals surface area contributed by atoms with Crippen LogP contribution >= 0.6 is 0 Å². The highest BCUT2D eigenvalue weighted by molar-refractivity contribution is 6.86. The van der Waals surface area contributed by atoms with Gasteiger partial charge in [0.1, 0.15) is 8.24 Å². The normalized spacial score (nSPS) is 13.8. The molecule has 20 heavy (non-hydrogen) atoms. The molecule has 0 fully saturated rings. The molecule has 1 nitrogen and oxygen atoms in total. The van der Waals surface area contributed by atoms with E-state index in [1.165, 1.54) is 19.1 Å². The summed E-state index contributed by atoms with van der Waals surface area (Å²) in [5.41, 5.74) is 4.70. The third-order valence-electron chi connectivity index (χ3n) is 4.97. The van der Waals surface area contributed by atoms with Crippen LogP contribution in [0.4, 0.5) is 0 Å². The average Bonchev–Trinajstić information content (AvgIpc) is 2.27. The van der Waals surface area contributed by atoms with E-state index in [-0.39, 0.29) is 0 Å². The van der Waals surface area contributed by atoms with Crippen LogP contribution in [0, 0.1) is 0 Å². The molecule has 0 amide bonds. The lowest BCUT2D eigenvalue weighted by Gasteiger charge is -2.52. The standard InChI is InChI=1S/C17H39NSi2/c1-11-13-18(14-19(9,10)12-2)20(15(3)4,16(5)6)17(7)8/h12,15-17H,2,11,13-14H2,1,3-10H3. The third kappa shape index (κ3) is 4.31. The minimum atomic E-state index is -1.48. The van der Waals surface area contributed by atoms with Crippen molar-refractivity contribution in [2.24, 2.45) is 0 Å². The molecule has 0 spiro atoms. The predicted octanol–water partition coefficient (Wildman–Crippen LogP) is 5.85. The van der Waals surface area contributed by atoms with Gasteiger partial charge in [-0.05, 0) is 35.8 Å². The first kappa shape index (κ1) is 20.1. The van der Waals surface area contributed by atoms with Crippen LogP contribution in [-0.4, -0.2) is 33.6 Å². The lowest BCUT2D eigenvalue weighted by molar-refractivity contribution is 0.434. The van der Waals surface area contributed by atoms with Crippen LogP contribution in [0.25, 0.3) is 0 Å². The van der Waals surface area contributed by atoms with E-state index in [1.54, 1.807) is 0 Å². The van der Waals surface area contributed by atoms with Gasteiger partial charge in [0, 0.05) is 0 Å². The Morgan fingerprint density at radius 1 is 0.950 bits per heavy atom. The summed E-state index contributed by atoms with van der Waals surface area (Å²) >= 11 is 0. The van der Waals surface area contributed by atoms with Gasteiger partial charge in [0.2, 0.25) is 0 Å². The maximum atomic E-state index is 4.11. The van der Waals surface area contributed by atoms with E-state index in [0.717, 1.165) is 16.6 Å². The summed E-state index contributed by atoms with van der Waals surface area (Å²) in [5.74, 6) is 0. The van der Waals surface area contributed by atoms with Gasteiger partial charge in [-0.25, -0.2) is 0 Å². The Balaban J connectivity index is 5.70. The number of rotatable bonds is 9. The van der Waals surface area contributed by atoms with Crippen molar-refractivity contribution in [3.8, 4) is 0 Å². The zero-order chi connectivity index (χ0) is 16.1. The maximum Gasteiger partial charge on any atom is 0.135 e. The molecule has 0 aromatic heterocycles. The van der Waals surface area contributed by atoms with Gasteiger partial charge in [0.05, 0.1) is 8.07 Å². The van der Waals surface area contributed by atoms with Crippen LogP contribution in [0.1, 0.15) is 54.9 Å². The Bertz CT molecular complexity index is 274. The van der Waals surface area contributed by atoms with Crippen molar-refractivity contribution >= 4 is 16.3 Å². The van der Waals surface area contributed by atoms with Crippen LogP contribution in [0.3, 0.4) is 0 Å². The molecular formula is C17H39NSi2. The minimum absolute atomic E-state index is 0.809. The molecule has 0 saturated carbocycles. The van der Waals surface area contributed by atoms with Crippen LogP contribution in [0.2, 0.25) is 29.7 Å². The fourth-order valence-electron chi connectivity index (χ4n) is 4.33. The second-order valence-corrected chi connectivity index (χ2v) is 18.5. The quantitative estimate of drug-likeness (QED) is 0.483. The molecule has 0 unspecified atom stereocenters. The minimum Gasteiger partial charge on any atom is -0.325 e. The molecule has 0 heterocycles. The Hall–Kier alpha value is 0.134. The van der Waals surface area contributed by atoms with E-state index in [1.807, 2.05) is 0 Å². The summed E-state index contributed by atoms with van der Waals surface area (Å²) < 4.78 is 2.96. The second-order valence-electron chi connectivity index (χ2n) is 7.97. The van der Waals surface area contributed by atoms with E-state index in [9.17, 15) is 0 Å². The van der Waals surface area contributed by atoms with Gasteiger partial charge in [0.15, 0.2) is 0 Å². The first-order valence-corrected chi connectivity index (χ1v) is 13.9. The highest BCUT2D eigenvalue weighted by Crippen LogP contribution is 2.44. The zero-order valence-corrected chi connectivity index (χ0v) is 17.6. The lowest BCUT2D eigenvalue weighted by Crippen LogP contribution is -2.63. The van der Waals surface area contributed by atoms with Crippen LogP contribution < -0.4 is 0 Å². The molecule has 0 aliphatic rings. The summed E-state index contributed by atoms with van der Waals surface area (Å²) in [6.07, 6.45) is 2.56. The number of nitrogens with zero attached hydrogens (tertiary/aromatic N) is 1. The Kier molecular flexibility index (Phi) is 8.00. The summed E-state index contributed by atoms with van der Waals surface area (Å²) in [6, 6.07) is 0. The largest absolute Gasteiger partial charge is 0.325 e. The molecule has 3 heteroatoms. The molecule has 0 aromatic carbocycles. The molecule has 0 bridgehead atoms. The summed E-state index contributed by atoms with van der Waals surface area (Å²) in [6.45, 7) is 27.5. The smallest absolute Gasteiger partial charge is 0.135 e. The molecule has 120 valence electrons. The fraction of sp³-hybridized carbons (Fsp3) is 0.882. The lowest BCUT2D eigenvalue weighted by atomic mass is 10.5. The molecule has 0 aliphatic carbocycles. The van der Waals surface area contributed by atoms with Crippen molar-refractivity contribution in [3.63, 3.8) is 0 Å². The molecule has 0 aliphatic heterocycles. The average molecular weight is 314 g/mol. The van der Waals surface area contributed by atoms with Gasteiger partial charge in [0.25, 0.3) is 0 Å². The van der Waals surface area contributed by atoms with Gasteiger partial charge >= 0.3 is 0 Å². The Morgan fingerprint density at radius 2 is 1.35 bits per heavy atom. The van der Waals surface area contributed by atoms with Gasteiger partial charge in [-0.3, -0.25) is 0 Å². The fourth-order valence-corrected chi connectivity index (χ4v) is 14.7. The van der Waals surface area contributed by atoms with Crippen molar-refractivity contribution in [1.82, 2.24) is 4.57 Å². The predicted molar refractivity (Wildman–Crippen MR) is 101 cm³/mol. The van der Waals surface area contributed by atoms with E-state index < -0.39 is 16.3 Å². The van der Waals surface area contributed by atoms with Crippen LogP contribution in [-0.2, 0) is 0 Å². The maximum absolute atomic E-state index is 4.11. The van der Waals surface area contributed by atoms with Gasteiger partial charge in [-0.1, -0.05) is 61.6 Å². The SMILES string of the molecule is C=C[Si](C)(C)CN(CCC)[Si](C(C)C)(C(C)C)C(C)C. The number of hydrogen-bond acceptors (Lipinski definition) is 1. The summed E-state index contributed by atoms with van der Waals surface area (Å²) in [7, 11) is -2.78. The first-order valence-electron chi connectivity index (χ1n) is 8.44. The molecule has 0 N–H and O–H groups in total. The van der Waals surface area contributed by atoms with E-state index in [0.29, 0.717) is 0 Å². The Labute approximate surface area is 130 Å². The first-order chi connectivity index (χ1) is 9.06. The topological polar surface area (TPSA) is 3.24 Å². The molecule has 0 radical (unpaired) electrons.